The van der Waals surface area contributed by atoms with Gasteiger partial charge in [0.15, 0.2) is 0 Å². The third-order valence-electron chi connectivity index (χ3n) is 5.14. The van der Waals surface area contributed by atoms with Crippen LogP contribution in [0.4, 0.5) is 11.4 Å². The fourth-order valence-electron chi connectivity index (χ4n) is 3.29. The number of aryl methyl sites for hydroxylation is 1. The fourth-order valence-corrected chi connectivity index (χ4v) is 3.52. The van der Waals surface area contributed by atoms with Gasteiger partial charge in [-0.05, 0) is 35.9 Å². The topological polar surface area (TPSA) is 142 Å². The third-order valence-corrected chi connectivity index (χ3v) is 5.44. The molecule has 0 unspecified atom stereocenters. The zero-order valence-electron chi connectivity index (χ0n) is 18.9. The number of furan rings is 1. The van der Waals surface area contributed by atoms with Crippen LogP contribution >= 0.6 is 11.6 Å². The Hall–Kier alpha value is -4.64. The summed E-state index contributed by atoms with van der Waals surface area (Å²) in [4.78, 5) is 35.7. The van der Waals surface area contributed by atoms with Crippen molar-refractivity contribution in [2.75, 3.05) is 5.32 Å². The largest absolute Gasteiger partial charge is 0.487 e. The summed E-state index contributed by atoms with van der Waals surface area (Å²) in [5.41, 5.74) is 1.44. The molecule has 36 heavy (non-hydrogen) atoms. The summed E-state index contributed by atoms with van der Waals surface area (Å²) in [6.45, 7) is 0.334. The van der Waals surface area contributed by atoms with Crippen molar-refractivity contribution in [3.63, 3.8) is 0 Å². The molecule has 0 atom stereocenters. The molecule has 2 N–H and O–H groups in total. The first-order valence-corrected chi connectivity index (χ1v) is 11.0. The van der Waals surface area contributed by atoms with Crippen molar-refractivity contribution in [1.82, 2.24) is 15.1 Å². The van der Waals surface area contributed by atoms with E-state index in [1.54, 1.807) is 43.4 Å². The van der Waals surface area contributed by atoms with Crippen molar-refractivity contribution in [2.24, 2.45) is 7.05 Å². The third kappa shape index (κ3) is 5.70. The van der Waals surface area contributed by atoms with Crippen molar-refractivity contribution in [3.8, 4) is 5.75 Å². The second-order valence-electron chi connectivity index (χ2n) is 7.60. The van der Waals surface area contributed by atoms with Gasteiger partial charge in [-0.15, -0.1) is 0 Å². The predicted octanol–water partition coefficient (Wildman–Crippen LogP) is 4.34. The Morgan fingerprint density at radius 3 is 2.61 bits per heavy atom. The number of anilines is 1. The first-order valence-electron chi connectivity index (χ1n) is 10.6. The Morgan fingerprint density at radius 1 is 1.17 bits per heavy atom. The normalized spacial score (nSPS) is 10.6. The van der Waals surface area contributed by atoms with Gasteiger partial charge in [-0.3, -0.25) is 24.4 Å². The Labute approximate surface area is 209 Å². The molecular weight excluding hydrogens is 490 g/mol. The lowest BCUT2D eigenvalue weighted by Gasteiger charge is -2.10. The van der Waals surface area contributed by atoms with Gasteiger partial charge in [-0.1, -0.05) is 23.7 Å². The van der Waals surface area contributed by atoms with Gasteiger partial charge in [0.25, 0.3) is 17.5 Å². The molecule has 4 rings (SSSR count). The van der Waals surface area contributed by atoms with Crippen molar-refractivity contribution in [3.05, 3.63) is 105 Å². The molecule has 0 spiro atoms. The first kappa shape index (κ1) is 24.5. The number of nitrogens with one attached hydrogen (secondary N) is 2. The van der Waals surface area contributed by atoms with Gasteiger partial charge in [0.05, 0.1) is 34.6 Å². The van der Waals surface area contributed by atoms with E-state index in [2.05, 4.69) is 15.7 Å². The maximum absolute atomic E-state index is 12.8. The molecule has 0 radical (unpaired) electrons. The molecule has 2 heterocycles. The summed E-state index contributed by atoms with van der Waals surface area (Å²) in [6.07, 6.45) is 2.91. The monoisotopic (exact) mass is 509 g/mol. The Morgan fingerprint density at radius 2 is 1.94 bits per heavy atom. The molecule has 12 heteroatoms. The Bertz CT molecular complexity index is 1400. The maximum Gasteiger partial charge on any atom is 0.272 e. The summed E-state index contributed by atoms with van der Waals surface area (Å²) in [5.74, 6) is 0.0580. The molecule has 0 aliphatic rings. The van der Waals surface area contributed by atoms with Crippen LogP contribution in [0.25, 0.3) is 0 Å². The van der Waals surface area contributed by atoms with E-state index in [4.69, 9.17) is 20.8 Å². The molecule has 4 aromatic rings. The first-order chi connectivity index (χ1) is 17.3. The minimum absolute atomic E-state index is 0.126. The van der Waals surface area contributed by atoms with Gasteiger partial charge < -0.3 is 19.8 Å². The van der Waals surface area contributed by atoms with E-state index in [1.807, 2.05) is 0 Å². The highest BCUT2D eigenvalue weighted by Crippen LogP contribution is 2.29. The zero-order valence-corrected chi connectivity index (χ0v) is 19.7. The summed E-state index contributed by atoms with van der Waals surface area (Å²) in [5, 5.41) is 20.5. The smallest absolute Gasteiger partial charge is 0.272 e. The van der Waals surface area contributed by atoms with E-state index in [0.717, 1.165) is 5.56 Å². The molecule has 184 valence electrons. The molecule has 2 aromatic heterocycles. The van der Waals surface area contributed by atoms with Crippen LogP contribution in [-0.4, -0.2) is 26.5 Å². The number of amides is 2. The number of non-ortho nitro benzene ring substituents is 1. The number of ether oxygens (including phenoxy) is 1. The second kappa shape index (κ2) is 10.7. The van der Waals surface area contributed by atoms with Gasteiger partial charge in [0.2, 0.25) is 0 Å². The van der Waals surface area contributed by atoms with Crippen molar-refractivity contribution in [1.29, 1.82) is 0 Å². The number of rotatable bonds is 9. The average molecular weight is 510 g/mol. The van der Waals surface area contributed by atoms with Crippen molar-refractivity contribution >= 4 is 34.8 Å². The number of nitro benzene ring substituents is 1. The van der Waals surface area contributed by atoms with E-state index in [0.29, 0.717) is 17.1 Å². The number of carbonyl (C=O) groups is 2. The highest BCUT2D eigenvalue weighted by atomic mass is 35.5. The zero-order chi connectivity index (χ0) is 25.7. The highest BCUT2D eigenvalue weighted by molar-refractivity contribution is 6.32. The maximum atomic E-state index is 12.8. The molecule has 11 nitrogen and oxygen atoms in total. The number of benzene rings is 2. The number of nitrogens with zero attached hydrogens (tertiary/aromatic N) is 3. The number of carbonyl (C=O) groups excluding carboxylic acids is 2. The molecule has 2 aromatic carbocycles. The lowest BCUT2D eigenvalue weighted by atomic mass is 10.1. The number of hydrogen-bond donors (Lipinski definition) is 2. The summed E-state index contributed by atoms with van der Waals surface area (Å²) in [7, 11) is 1.60. The van der Waals surface area contributed by atoms with Crippen LogP contribution in [0, 0.1) is 10.1 Å². The molecular formula is C24H20ClN5O6. The molecule has 0 saturated carbocycles. The predicted molar refractivity (Wildman–Crippen MR) is 130 cm³/mol. The Kier molecular flexibility index (Phi) is 7.31. The van der Waals surface area contributed by atoms with Crippen LogP contribution < -0.4 is 15.4 Å². The standard InChI is InChI=1S/C24H20ClN5O6/c1-29-22(24(32)26-12-18-3-2-10-35-18)20(13-27-29)28-23(31)16-6-4-15(5-7-16)14-36-21-9-8-17(30(33)34)11-19(21)25/h2-11,13H,12,14H2,1H3,(H,26,32)(H,28,31). The van der Waals surface area contributed by atoms with Crippen LogP contribution in [0.2, 0.25) is 5.02 Å². The number of nitro groups is 1. The lowest BCUT2D eigenvalue weighted by molar-refractivity contribution is -0.384. The Balaban J connectivity index is 1.37. The van der Waals surface area contributed by atoms with Crippen molar-refractivity contribution in [2.45, 2.75) is 13.2 Å². The molecule has 0 aliphatic carbocycles. The molecule has 0 fully saturated rings. The second-order valence-corrected chi connectivity index (χ2v) is 8.01. The van der Waals surface area contributed by atoms with Crippen LogP contribution in [0.15, 0.2) is 71.5 Å². The van der Waals surface area contributed by atoms with Gasteiger partial charge in [-0.2, -0.15) is 5.10 Å². The number of halogens is 1. The lowest BCUT2D eigenvalue weighted by Crippen LogP contribution is -2.26. The summed E-state index contributed by atoms with van der Waals surface area (Å²) >= 11 is 6.04. The number of aromatic nitrogens is 2. The van der Waals surface area contributed by atoms with Gasteiger partial charge in [-0.25, -0.2) is 0 Å². The SMILES string of the molecule is Cn1ncc(NC(=O)c2ccc(COc3ccc([N+](=O)[O-])cc3Cl)cc2)c1C(=O)NCc1ccco1. The van der Waals surface area contributed by atoms with Gasteiger partial charge >= 0.3 is 0 Å². The van der Waals surface area contributed by atoms with Crippen LogP contribution in [-0.2, 0) is 20.2 Å². The van der Waals surface area contributed by atoms with E-state index < -0.39 is 16.7 Å². The highest BCUT2D eigenvalue weighted by Gasteiger charge is 2.19. The summed E-state index contributed by atoms with van der Waals surface area (Å²) in [6, 6.07) is 14.0. The van der Waals surface area contributed by atoms with Crippen molar-refractivity contribution < 1.29 is 23.7 Å². The van der Waals surface area contributed by atoms with E-state index in [1.165, 1.54) is 35.3 Å². The van der Waals surface area contributed by atoms with Crippen LogP contribution in [0.1, 0.15) is 32.2 Å². The molecule has 0 aliphatic heterocycles. The molecule has 0 saturated heterocycles. The van der Waals surface area contributed by atoms with E-state index in [-0.39, 0.29) is 35.2 Å². The van der Waals surface area contributed by atoms with Gasteiger partial charge in [0.1, 0.15) is 23.8 Å². The van der Waals surface area contributed by atoms with E-state index >= 15 is 0 Å². The average Bonchev–Trinajstić information content (AvgIpc) is 3.51. The minimum atomic E-state index is -0.540. The number of hydrogen-bond acceptors (Lipinski definition) is 7. The fraction of sp³-hybridized carbons (Fsp3) is 0.125. The quantitative estimate of drug-likeness (QED) is 0.252. The van der Waals surface area contributed by atoms with Crippen LogP contribution in [0.5, 0.6) is 5.75 Å². The van der Waals surface area contributed by atoms with Crippen LogP contribution in [0.3, 0.4) is 0 Å². The molecule has 2 amide bonds. The van der Waals surface area contributed by atoms with E-state index in [9.17, 15) is 19.7 Å². The molecule has 0 bridgehead atoms. The summed E-state index contributed by atoms with van der Waals surface area (Å²) < 4.78 is 12.2. The van der Waals surface area contributed by atoms with Gasteiger partial charge in [0, 0.05) is 24.7 Å². The minimum Gasteiger partial charge on any atom is -0.487 e.